The van der Waals surface area contributed by atoms with Gasteiger partial charge in [0.2, 0.25) is 0 Å². The van der Waals surface area contributed by atoms with Gasteiger partial charge in [-0.05, 0) is 40.5 Å². The van der Waals surface area contributed by atoms with E-state index >= 15 is 0 Å². The number of ether oxygens (including phenoxy) is 2. The van der Waals surface area contributed by atoms with E-state index in [4.69, 9.17) is 26.7 Å². The Morgan fingerprint density at radius 1 is 0.857 bits per heavy atom. The molecule has 28 heavy (non-hydrogen) atoms. The van der Waals surface area contributed by atoms with Crippen LogP contribution in [0, 0.1) is 0 Å². The lowest BCUT2D eigenvalue weighted by Crippen LogP contribution is -2.30. The van der Waals surface area contributed by atoms with Crippen LogP contribution >= 0.6 is 0 Å². The molecule has 0 aliphatic rings. The Morgan fingerprint density at radius 3 is 2.07 bits per heavy atom. The molecule has 0 saturated carbocycles. The Kier molecular flexibility index (Phi) is 6.85. The van der Waals surface area contributed by atoms with Crippen LogP contribution in [0.2, 0.25) is 0 Å². The molecule has 6 N–H and O–H groups in total. The fraction of sp³-hybridized carbons (Fsp3) is 0.524. The van der Waals surface area contributed by atoms with Crippen LogP contribution in [0.1, 0.15) is 40.5 Å². The molecule has 7 heteroatoms. The highest BCUT2D eigenvalue weighted by Gasteiger charge is 2.21. The van der Waals surface area contributed by atoms with Crippen LogP contribution in [0.25, 0.3) is 10.8 Å². The lowest BCUT2D eigenvalue weighted by atomic mass is 10.0. The zero-order chi connectivity index (χ0) is 20.9. The third-order valence-electron chi connectivity index (χ3n) is 5.04. The number of methoxy groups -OCH3 is 1. The first kappa shape index (κ1) is 21.9. The Morgan fingerprint density at radius 2 is 1.46 bits per heavy atom. The van der Waals surface area contributed by atoms with Crippen molar-refractivity contribution < 1.29 is 9.47 Å². The van der Waals surface area contributed by atoms with Crippen molar-refractivity contribution in [1.82, 2.24) is 0 Å². The first-order chi connectivity index (χ1) is 13.1. The summed E-state index contributed by atoms with van der Waals surface area (Å²) in [6.45, 7) is 9.28. The lowest BCUT2D eigenvalue weighted by Gasteiger charge is -2.28. The lowest BCUT2D eigenvalue weighted by molar-refractivity contribution is -0.0600. The number of nitrogens with two attached hydrogens (primary N) is 3. The number of nitrogens with zero attached hydrogens (tertiary/aromatic N) is 2. The van der Waals surface area contributed by atoms with Gasteiger partial charge in [-0.15, -0.1) is 0 Å². The van der Waals surface area contributed by atoms with Crippen LogP contribution in [0.3, 0.4) is 0 Å². The van der Waals surface area contributed by atoms with Crippen molar-refractivity contribution in [2.75, 3.05) is 37.5 Å². The molecule has 7 nitrogen and oxygen atoms in total. The minimum Gasteiger partial charge on any atom is -0.396 e. The molecular formula is C21H33N5O2. The maximum Gasteiger partial charge on any atom is 0.134 e. The first-order valence-corrected chi connectivity index (χ1v) is 9.50. The van der Waals surface area contributed by atoms with E-state index in [1.807, 2.05) is 52.0 Å². The summed E-state index contributed by atoms with van der Waals surface area (Å²) in [5.41, 5.74) is 19.8. The Balaban J connectivity index is 2.01. The van der Waals surface area contributed by atoms with E-state index < -0.39 is 0 Å². The summed E-state index contributed by atoms with van der Waals surface area (Å²) in [5.74, 6) is 0. The molecule has 0 aromatic heterocycles. The molecule has 0 saturated heterocycles. The van der Waals surface area contributed by atoms with Gasteiger partial charge in [0.05, 0.1) is 41.4 Å². The summed E-state index contributed by atoms with van der Waals surface area (Å²) in [6.07, 6.45) is 1.53. The molecule has 0 aliphatic carbocycles. The molecule has 154 valence electrons. The highest BCUT2D eigenvalue weighted by molar-refractivity contribution is 6.11. The number of hydrogen-bond donors (Lipinski definition) is 3. The van der Waals surface area contributed by atoms with Gasteiger partial charge >= 0.3 is 0 Å². The highest BCUT2D eigenvalue weighted by atomic mass is 16.5. The average molecular weight is 388 g/mol. The minimum absolute atomic E-state index is 0.194. The van der Waals surface area contributed by atoms with Crippen molar-refractivity contribution in [3.8, 4) is 0 Å². The zero-order valence-corrected chi connectivity index (χ0v) is 17.6. The van der Waals surface area contributed by atoms with Crippen LogP contribution in [-0.4, -0.2) is 31.5 Å². The smallest absolute Gasteiger partial charge is 0.134 e. The van der Waals surface area contributed by atoms with Crippen molar-refractivity contribution in [3.63, 3.8) is 0 Å². The van der Waals surface area contributed by atoms with Crippen molar-refractivity contribution in [1.29, 1.82) is 0 Å². The maximum absolute atomic E-state index is 6.25. The third-order valence-corrected chi connectivity index (χ3v) is 5.04. The van der Waals surface area contributed by atoms with E-state index in [-0.39, 0.29) is 11.2 Å². The maximum atomic E-state index is 6.25. The standard InChI is InChI=1S/C21H33N5O2/c1-20(2,27-5)11-13-28-21(3,4)10-12-25-26-19-17(23)15-9-7-6-8-14(15)16(22)18(19)24/h6-9H,10-13,22-24H2,1-5H3. The number of benzene rings is 2. The second-order valence-electron chi connectivity index (χ2n) is 8.17. The monoisotopic (exact) mass is 387 g/mol. The molecule has 0 radical (unpaired) electrons. The predicted octanol–water partition coefficient (Wildman–Crippen LogP) is 4.67. The van der Waals surface area contributed by atoms with Crippen LogP contribution in [0.5, 0.6) is 0 Å². The van der Waals surface area contributed by atoms with Gasteiger partial charge in [-0.1, -0.05) is 24.3 Å². The van der Waals surface area contributed by atoms with Crippen molar-refractivity contribution in [2.45, 2.75) is 51.7 Å². The molecule has 0 atom stereocenters. The molecule has 0 amide bonds. The van der Waals surface area contributed by atoms with E-state index in [9.17, 15) is 0 Å². The summed E-state index contributed by atoms with van der Waals surface area (Å²) in [6, 6.07) is 7.59. The van der Waals surface area contributed by atoms with E-state index in [0.717, 1.165) is 17.2 Å². The van der Waals surface area contributed by atoms with Crippen LogP contribution < -0.4 is 17.2 Å². The van der Waals surface area contributed by atoms with E-state index in [0.29, 0.717) is 42.3 Å². The quantitative estimate of drug-likeness (QED) is 0.426. The van der Waals surface area contributed by atoms with E-state index in [1.165, 1.54) is 0 Å². The SMILES string of the molecule is COC(C)(C)CCOC(C)(C)CCN=Nc1c(N)c(N)c2ccccc2c1N. The van der Waals surface area contributed by atoms with Crippen LogP contribution in [0.15, 0.2) is 34.5 Å². The Bertz CT molecular complexity index is 846. The summed E-state index contributed by atoms with van der Waals surface area (Å²) in [5, 5.41) is 10.2. The molecule has 0 fully saturated rings. The summed E-state index contributed by atoms with van der Waals surface area (Å²) < 4.78 is 11.4. The van der Waals surface area contributed by atoms with Crippen molar-refractivity contribution in [2.24, 2.45) is 10.2 Å². The molecule has 0 unspecified atom stereocenters. The van der Waals surface area contributed by atoms with Gasteiger partial charge in [-0.25, -0.2) is 0 Å². The highest BCUT2D eigenvalue weighted by Crippen LogP contribution is 2.42. The Hall–Kier alpha value is -2.38. The third kappa shape index (κ3) is 5.33. The molecule has 2 aromatic carbocycles. The van der Waals surface area contributed by atoms with Crippen molar-refractivity contribution in [3.05, 3.63) is 24.3 Å². The molecule has 0 spiro atoms. The fourth-order valence-corrected chi connectivity index (χ4v) is 2.79. The number of hydrogen-bond acceptors (Lipinski definition) is 7. The fourth-order valence-electron chi connectivity index (χ4n) is 2.79. The number of nitrogen functional groups attached to an aromatic ring is 3. The van der Waals surface area contributed by atoms with Crippen LogP contribution in [0.4, 0.5) is 22.7 Å². The minimum atomic E-state index is -0.317. The van der Waals surface area contributed by atoms with Crippen molar-refractivity contribution >= 4 is 33.5 Å². The molecule has 0 heterocycles. The Labute approximate surface area is 167 Å². The van der Waals surface area contributed by atoms with E-state index in [2.05, 4.69) is 10.2 Å². The summed E-state index contributed by atoms with van der Waals surface area (Å²) in [4.78, 5) is 0. The van der Waals surface area contributed by atoms with Gasteiger partial charge in [-0.3, -0.25) is 0 Å². The molecular weight excluding hydrogens is 354 g/mol. The predicted molar refractivity (Wildman–Crippen MR) is 117 cm³/mol. The number of fused-ring (bicyclic) bond motifs is 1. The average Bonchev–Trinajstić information content (AvgIpc) is 2.65. The van der Waals surface area contributed by atoms with Gasteiger partial charge in [0, 0.05) is 17.9 Å². The van der Waals surface area contributed by atoms with Gasteiger partial charge in [0.25, 0.3) is 0 Å². The number of anilines is 3. The molecule has 2 rings (SSSR count). The molecule has 0 aliphatic heterocycles. The van der Waals surface area contributed by atoms with Gasteiger partial charge in [-0.2, -0.15) is 10.2 Å². The van der Waals surface area contributed by atoms with Crippen LogP contribution in [-0.2, 0) is 9.47 Å². The van der Waals surface area contributed by atoms with E-state index in [1.54, 1.807) is 7.11 Å². The zero-order valence-electron chi connectivity index (χ0n) is 17.6. The normalized spacial score (nSPS) is 12.9. The van der Waals surface area contributed by atoms with Gasteiger partial charge in [0.15, 0.2) is 0 Å². The number of azo groups is 1. The largest absolute Gasteiger partial charge is 0.396 e. The van der Waals surface area contributed by atoms with Gasteiger partial charge < -0.3 is 26.7 Å². The second-order valence-corrected chi connectivity index (χ2v) is 8.17. The second kappa shape index (κ2) is 8.75. The molecule has 0 bridgehead atoms. The molecule has 2 aromatic rings. The topological polar surface area (TPSA) is 121 Å². The summed E-state index contributed by atoms with van der Waals surface area (Å²) >= 11 is 0. The summed E-state index contributed by atoms with van der Waals surface area (Å²) in [7, 11) is 1.71. The number of rotatable bonds is 9. The first-order valence-electron chi connectivity index (χ1n) is 9.50. The van der Waals surface area contributed by atoms with Gasteiger partial charge in [0.1, 0.15) is 5.69 Å².